The number of halogens is 3. The average Bonchev–Trinajstić information content (AvgIpc) is 2.18. The lowest BCUT2D eigenvalue weighted by molar-refractivity contribution is -0.177. The van der Waals surface area contributed by atoms with E-state index in [2.05, 4.69) is 0 Å². The monoisotopic (exact) mass is 239 g/mol. The van der Waals surface area contributed by atoms with Gasteiger partial charge in [-0.15, -0.1) is 0 Å². The van der Waals surface area contributed by atoms with Crippen molar-refractivity contribution in [2.75, 3.05) is 13.1 Å². The molecule has 0 spiro atoms. The predicted molar refractivity (Wildman–Crippen MR) is 57.0 cm³/mol. The minimum absolute atomic E-state index is 0.0142. The number of hydrogen-bond donors (Lipinski definition) is 0. The van der Waals surface area contributed by atoms with E-state index >= 15 is 0 Å². The summed E-state index contributed by atoms with van der Waals surface area (Å²) in [6.07, 6.45) is -4.26. The number of carbonyl (C=O) groups excluding carboxylic acids is 1. The van der Waals surface area contributed by atoms with Gasteiger partial charge in [0.1, 0.15) is 0 Å². The highest BCUT2D eigenvalue weighted by molar-refractivity contribution is 5.76. The molecule has 0 bridgehead atoms. The molecule has 0 aliphatic carbocycles. The number of rotatable bonds is 6. The van der Waals surface area contributed by atoms with Gasteiger partial charge in [0.05, 0.1) is 5.92 Å². The third-order valence-electron chi connectivity index (χ3n) is 2.78. The third-order valence-corrected chi connectivity index (χ3v) is 2.78. The van der Waals surface area contributed by atoms with Crippen molar-refractivity contribution in [2.45, 2.75) is 46.2 Å². The highest BCUT2D eigenvalue weighted by Gasteiger charge is 2.38. The highest BCUT2D eigenvalue weighted by Crippen LogP contribution is 2.32. The number of alkyl halides is 3. The van der Waals surface area contributed by atoms with Gasteiger partial charge >= 0.3 is 6.18 Å². The van der Waals surface area contributed by atoms with E-state index in [1.807, 2.05) is 13.8 Å². The van der Waals surface area contributed by atoms with Crippen LogP contribution in [-0.4, -0.2) is 30.1 Å². The molecule has 1 unspecified atom stereocenters. The second kappa shape index (κ2) is 6.76. The van der Waals surface area contributed by atoms with Gasteiger partial charge in [-0.3, -0.25) is 4.79 Å². The Morgan fingerprint density at radius 1 is 1.19 bits per heavy atom. The van der Waals surface area contributed by atoms with Gasteiger partial charge in [0, 0.05) is 19.5 Å². The van der Waals surface area contributed by atoms with Crippen LogP contribution in [0.5, 0.6) is 0 Å². The summed E-state index contributed by atoms with van der Waals surface area (Å²) in [5, 5.41) is 0. The van der Waals surface area contributed by atoms with Crippen LogP contribution < -0.4 is 0 Å². The summed E-state index contributed by atoms with van der Waals surface area (Å²) in [4.78, 5) is 13.1. The number of hydrogen-bond acceptors (Lipinski definition) is 1. The fraction of sp³-hybridized carbons (Fsp3) is 0.909. The molecule has 96 valence electrons. The van der Waals surface area contributed by atoms with Crippen molar-refractivity contribution in [3.63, 3.8) is 0 Å². The molecule has 0 aromatic rings. The maximum atomic E-state index is 12.4. The first-order chi connectivity index (χ1) is 7.36. The smallest absolute Gasteiger partial charge is 0.343 e. The molecule has 0 aromatic carbocycles. The largest absolute Gasteiger partial charge is 0.391 e. The van der Waals surface area contributed by atoms with E-state index in [4.69, 9.17) is 0 Å². The average molecular weight is 239 g/mol. The Kier molecular flexibility index (Phi) is 6.45. The first-order valence-electron chi connectivity index (χ1n) is 5.71. The summed E-state index contributed by atoms with van der Waals surface area (Å²) < 4.78 is 37.2. The Balaban J connectivity index is 4.17. The minimum atomic E-state index is -4.18. The fourth-order valence-electron chi connectivity index (χ4n) is 1.63. The molecular formula is C11H20F3NO. The minimum Gasteiger partial charge on any atom is -0.343 e. The molecule has 0 radical (unpaired) electrons. The second-order valence-corrected chi connectivity index (χ2v) is 3.75. The van der Waals surface area contributed by atoms with Crippen LogP contribution in [0, 0.1) is 5.92 Å². The van der Waals surface area contributed by atoms with Crippen molar-refractivity contribution in [1.29, 1.82) is 0 Å². The van der Waals surface area contributed by atoms with Crippen LogP contribution in [-0.2, 0) is 4.79 Å². The molecule has 0 rings (SSSR count). The van der Waals surface area contributed by atoms with Crippen molar-refractivity contribution in [1.82, 2.24) is 4.90 Å². The maximum absolute atomic E-state index is 12.4. The van der Waals surface area contributed by atoms with Crippen molar-refractivity contribution in [3.05, 3.63) is 0 Å². The second-order valence-electron chi connectivity index (χ2n) is 3.75. The van der Waals surface area contributed by atoms with E-state index in [-0.39, 0.29) is 25.2 Å². The van der Waals surface area contributed by atoms with Crippen LogP contribution in [0.1, 0.15) is 40.0 Å². The zero-order chi connectivity index (χ0) is 12.8. The first kappa shape index (κ1) is 15.3. The summed E-state index contributed by atoms with van der Waals surface area (Å²) in [6.45, 7) is 6.25. The molecule has 0 aromatic heterocycles. The van der Waals surface area contributed by atoms with Crippen molar-refractivity contribution >= 4 is 5.91 Å². The van der Waals surface area contributed by atoms with E-state index in [9.17, 15) is 18.0 Å². The number of nitrogens with zero attached hydrogens (tertiary/aromatic N) is 1. The lowest BCUT2D eigenvalue weighted by atomic mass is 9.99. The van der Waals surface area contributed by atoms with Gasteiger partial charge in [-0.25, -0.2) is 0 Å². The Bertz CT molecular complexity index is 212. The van der Waals surface area contributed by atoms with Crippen molar-refractivity contribution in [3.8, 4) is 0 Å². The molecule has 0 N–H and O–H groups in total. The molecule has 5 heteroatoms. The van der Waals surface area contributed by atoms with Crippen LogP contribution in [0.25, 0.3) is 0 Å². The fourth-order valence-corrected chi connectivity index (χ4v) is 1.63. The number of amides is 1. The summed E-state index contributed by atoms with van der Waals surface area (Å²) in [6, 6.07) is 0. The Morgan fingerprint density at radius 2 is 1.69 bits per heavy atom. The number of carbonyl (C=O) groups is 1. The summed E-state index contributed by atoms with van der Waals surface area (Å²) >= 11 is 0. The molecule has 0 fully saturated rings. The SMILES string of the molecule is CCC(CCC(=O)N(CC)CC)C(F)(F)F. The van der Waals surface area contributed by atoms with Gasteiger partial charge in [-0.05, 0) is 26.7 Å². The van der Waals surface area contributed by atoms with Gasteiger partial charge in [-0.1, -0.05) is 6.92 Å². The highest BCUT2D eigenvalue weighted by atomic mass is 19.4. The summed E-state index contributed by atoms with van der Waals surface area (Å²) in [7, 11) is 0. The molecule has 0 saturated carbocycles. The van der Waals surface area contributed by atoms with E-state index in [1.165, 1.54) is 6.92 Å². The summed E-state index contributed by atoms with van der Waals surface area (Å²) in [5.41, 5.74) is 0. The zero-order valence-electron chi connectivity index (χ0n) is 10.1. The van der Waals surface area contributed by atoms with E-state index in [1.54, 1.807) is 4.90 Å². The first-order valence-corrected chi connectivity index (χ1v) is 5.71. The molecule has 0 heterocycles. The zero-order valence-corrected chi connectivity index (χ0v) is 10.1. The molecular weight excluding hydrogens is 219 g/mol. The molecule has 0 aliphatic rings. The summed E-state index contributed by atoms with van der Waals surface area (Å²) in [5.74, 6) is -1.54. The van der Waals surface area contributed by atoms with E-state index < -0.39 is 12.1 Å². The van der Waals surface area contributed by atoms with Gasteiger partial charge in [-0.2, -0.15) is 13.2 Å². The lowest BCUT2D eigenvalue weighted by Gasteiger charge is -2.22. The molecule has 1 amide bonds. The van der Waals surface area contributed by atoms with Gasteiger partial charge in [0.2, 0.25) is 5.91 Å². The Labute approximate surface area is 94.8 Å². The van der Waals surface area contributed by atoms with Crippen LogP contribution >= 0.6 is 0 Å². The van der Waals surface area contributed by atoms with E-state index in [0.29, 0.717) is 13.1 Å². The Hall–Kier alpha value is -0.740. The van der Waals surface area contributed by atoms with Gasteiger partial charge in [0.15, 0.2) is 0 Å². The normalized spacial score (nSPS) is 13.6. The van der Waals surface area contributed by atoms with E-state index in [0.717, 1.165) is 0 Å². The standard InChI is InChI=1S/C11H20F3NO/c1-4-9(11(12,13)14)7-8-10(16)15(5-2)6-3/h9H,4-8H2,1-3H3. The molecule has 2 nitrogen and oxygen atoms in total. The van der Waals surface area contributed by atoms with Crippen molar-refractivity contribution < 1.29 is 18.0 Å². The van der Waals surface area contributed by atoms with Gasteiger partial charge < -0.3 is 4.90 Å². The molecule has 1 atom stereocenters. The van der Waals surface area contributed by atoms with Crippen LogP contribution in [0.3, 0.4) is 0 Å². The Morgan fingerprint density at radius 3 is 2.00 bits per heavy atom. The van der Waals surface area contributed by atoms with Crippen LogP contribution in [0.15, 0.2) is 0 Å². The quantitative estimate of drug-likeness (QED) is 0.697. The molecule has 0 saturated heterocycles. The third kappa shape index (κ3) is 4.86. The lowest BCUT2D eigenvalue weighted by Crippen LogP contribution is -2.32. The maximum Gasteiger partial charge on any atom is 0.391 e. The van der Waals surface area contributed by atoms with Crippen molar-refractivity contribution in [2.24, 2.45) is 5.92 Å². The topological polar surface area (TPSA) is 20.3 Å². The van der Waals surface area contributed by atoms with Gasteiger partial charge in [0.25, 0.3) is 0 Å². The molecule has 16 heavy (non-hydrogen) atoms. The van der Waals surface area contributed by atoms with Crippen LogP contribution in [0.2, 0.25) is 0 Å². The van der Waals surface area contributed by atoms with Crippen LogP contribution in [0.4, 0.5) is 13.2 Å². The predicted octanol–water partition coefficient (Wildman–Crippen LogP) is 3.22. The molecule has 0 aliphatic heterocycles.